The zero-order valence-electron chi connectivity index (χ0n) is 10.9. The molecule has 0 aromatic carbocycles. The zero-order chi connectivity index (χ0) is 11.3. The van der Waals surface area contributed by atoms with Crippen LogP contribution in [0.4, 0.5) is 0 Å². The summed E-state index contributed by atoms with van der Waals surface area (Å²) in [6.45, 7) is 12.8. The van der Waals surface area contributed by atoms with Crippen molar-refractivity contribution in [1.82, 2.24) is 10.2 Å². The van der Waals surface area contributed by atoms with Gasteiger partial charge in [0, 0.05) is 25.2 Å². The molecule has 2 nitrogen and oxygen atoms in total. The molecule has 0 radical (unpaired) electrons. The average Bonchev–Trinajstić information content (AvgIpc) is 2.97. The Hall–Kier alpha value is -0.0800. The molecule has 2 heteroatoms. The van der Waals surface area contributed by atoms with Gasteiger partial charge in [-0.1, -0.05) is 6.92 Å². The number of nitrogens with zero attached hydrogens (tertiary/aromatic N) is 1. The summed E-state index contributed by atoms with van der Waals surface area (Å²) in [4.78, 5) is 2.63. The molecule has 0 aromatic heterocycles. The molecule has 1 aliphatic carbocycles. The van der Waals surface area contributed by atoms with Crippen molar-refractivity contribution in [3.05, 3.63) is 0 Å². The van der Waals surface area contributed by atoms with Crippen LogP contribution in [0.25, 0.3) is 0 Å². The van der Waals surface area contributed by atoms with Crippen molar-refractivity contribution in [3.8, 4) is 0 Å². The molecule has 1 aliphatic rings. The largest absolute Gasteiger partial charge is 0.313 e. The molecule has 1 N–H and O–H groups in total. The van der Waals surface area contributed by atoms with Crippen LogP contribution >= 0.6 is 0 Å². The van der Waals surface area contributed by atoms with Crippen LogP contribution in [0.2, 0.25) is 0 Å². The molecule has 0 heterocycles. The lowest BCUT2D eigenvalue weighted by Gasteiger charge is -2.29. The molecule has 1 unspecified atom stereocenters. The van der Waals surface area contributed by atoms with Gasteiger partial charge in [0.15, 0.2) is 0 Å². The standard InChI is InChI=1S/C13H28N2/c1-5-8-14-12(4)9-15(11(2)3)10-13-6-7-13/h11-14H,5-10H2,1-4H3. The van der Waals surface area contributed by atoms with E-state index in [9.17, 15) is 0 Å². The van der Waals surface area contributed by atoms with Gasteiger partial charge in [0.05, 0.1) is 0 Å². The highest BCUT2D eigenvalue weighted by atomic mass is 15.2. The first-order valence-electron chi connectivity index (χ1n) is 6.61. The minimum Gasteiger partial charge on any atom is -0.313 e. The maximum absolute atomic E-state index is 3.57. The van der Waals surface area contributed by atoms with Gasteiger partial charge in [0.2, 0.25) is 0 Å². The van der Waals surface area contributed by atoms with Crippen molar-refractivity contribution in [2.75, 3.05) is 19.6 Å². The van der Waals surface area contributed by atoms with Crippen molar-refractivity contribution >= 4 is 0 Å². The molecule has 0 bridgehead atoms. The first-order chi connectivity index (χ1) is 7.13. The third kappa shape index (κ3) is 5.53. The van der Waals surface area contributed by atoms with Gasteiger partial charge in [0.25, 0.3) is 0 Å². The minimum absolute atomic E-state index is 0.631. The summed E-state index contributed by atoms with van der Waals surface area (Å²) in [7, 11) is 0. The van der Waals surface area contributed by atoms with E-state index in [1.165, 1.54) is 32.4 Å². The van der Waals surface area contributed by atoms with Gasteiger partial charge in [0.1, 0.15) is 0 Å². The van der Waals surface area contributed by atoms with Gasteiger partial charge in [-0.15, -0.1) is 0 Å². The molecule has 90 valence electrons. The van der Waals surface area contributed by atoms with E-state index in [0.717, 1.165) is 12.5 Å². The lowest BCUT2D eigenvalue weighted by atomic mass is 10.2. The van der Waals surface area contributed by atoms with Crippen molar-refractivity contribution in [3.63, 3.8) is 0 Å². The Labute approximate surface area is 95.4 Å². The number of hydrogen-bond acceptors (Lipinski definition) is 2. The topological polar surface area (TPSA) is 15.3 Å². The highest BCUT2D eigenvalue weighted by Gasteiger charge is 2.25. The third-order valence-corrected chi connectivity index (χ3v) is 3.17. The van der Waals surface area contributed by atoms with Gasteiger partial charge in [-0.3, -0.25) is 4.90 Å². The molecular weight excluding hydrogens is 184 g/mol. The Kier molecular flexibility index (Phi) is 5.62. The van der Waals surface area contributed by atoms with Crippen molar-refractivity contribution in [2.24, 2.45) is 5.92 Å². The molecule has 0 aliphatic heterocycles. The normalized spacial score (nSPS) is 18.8. The van der Waals surface area contributed by atoms with E-state index in [0.29, 0.717) is 12.1 Å². The second-order valence-electron chi connectivity index (χ2n) is 5.35. The van der Waals surface area contributed by atoms with Gasteiger partial charge >= 0.3 is 0 Å². The van der Waals surface area contributed by atoms with Crippen LogP contribution in [-0.4, -0.2) is 36.6 Å². The molecule has 0 spiro atoms. The number of hydrogen-bond donors (Lipinski definition) is 1. The van der Waals surface area contributed by atoms with Crippen LogP contribution < -0.4 is 5.32 Å². The smallest absolute Gasteiger partial charge is 0.0166 e. The van der Waals surface area contributed by atoms with E-state index in [1.54, 1.807) is 0 Å². The summed E-state index contributed by atoms with van der Waals surface area (Å²) in [5.74, 6) is 1.01. The van der Waals surface area contributed by atoms with E-state index in [1.807, 2.05) is 0 Å². The SMILES string of the molecule is CCCNC(C)CN(CC1CC1)C(C)C. The molecule has 15 heavy (non-hydrogen) atoms. The fourth-order valence-corrected chi connectivity index (χ4v) is 1.94. The molecule has 0 amide bonds. The summed E-state index contributed by atoms with van der Waals surface area (Å²) in [5, 5.41) is 3.57. The zero-order valence-corrected chi connectivity index (χ0v) is 10.9. The lowest BCUT2D eigenvalue weighted by Crippen LogP contribution is -2.43. The fourth-order valence-electron chi connectivity index (χ4n) is 1.94. The molecule has 0 aromatic rings. The van der Waals surface area contributed by atoms with Crippen LogP contribution in [0.15, 0.2) is 0 Å². The van der Waals surface area contributed by atoms with Gasteiger partial charge in [-0.05, 0) is 52.5 Å². The van der Waals surface area contributed by atoms with E-state index in [2.05, 4.69) is 37.9 Å². The highest BCUT2D eigenvalue weighted by Crippen LogP contribution is 2.30. The predicted molar refractivity (Wildman–Crippen MR) is 67.2 cm³/mol. The van der Waals surface area contributed by atoms with E-state index in [-0.39, 0.29) is 0 Å². The number of nitrogens with one attached hydrogen (secondary N) is 1. The Morgan fingerprint density at radius 2 is 1.93 bits per heavy atom. The van der Waals surface area contributed by atoms with Crippen LogP contribution in [0, 0.1) is 5.92 Å². The Balaban J connectivity index is 2.22. The van der Waals surface area contributed by atoms with Gasteiger partial charge in [-0.25, -0.2) is 0 Å². The molecule has 0 saturated heterocycles. The second-order valence-corrected chi connectivity index (χ2v) is 5.35. The van der Waals surface area contributed by atoms with Gasteiger partial charge < -0.3 is 5.32 Å². The Bertz CT molecular complexity index is 164. The van der Waals surface area contributed by atoms with Crippen molar-refractivity contribution in [1.29, 1.82) is 0 Å². The van der Waals surface area contributed by atoms with Crippen molar-refractivity contribution in [2.45, 2.75) is 59.0 Å². The molecule has 1 fully saturated rings. The fraction of sp³-hybridized carbons (Fsp3) is 1.00. The van der Waals surface area contributed by atoms with E-state index >= 15 is 0 Å². The Morgan fingerprint density at radius 3 is 2.40 bits per heavy atom. The quantitative estimate of drug-likeness (QED) is 0.665. The highest BCUT2D eigenvalue weighted by molar-refractivity contribution is 4.80. The lowest BCUT2D eigenvalue weighted by molar-refractivity contribution is 0.193. The maximum atomic E-state index is 3.57. The Morgan fingerprint density at radius 1 is 1.27 bits per heavy atom. The average molecular weight is 212 g/mol. The van der Waals surface area contributed by atoms with Gasteiger partial charge in [-0.2, -0.15) is 0 Å². The summed E-state index contributed by atoms with van der Waals surface area (Å²) < 4.78 is 0. The molecule has 1 saturated carbocycles. The summed E-state index contributed by atoms with van der Waals surface area (Å²) in [5.41, 5.74) is 0. The van der Waals surface area contributed by atoms with Crippen LogP contribution in [0.5, 0.6) is 0 Å². The maximum Gasteiger partial charge on any atom is 0.0166 e. The summed E-state index contributed by atoms with van der Waals surface area (Å²) >= 11 is 0. The monoisotopic (exact) mass is 212 g/mol. The molecule has 1 rings (SSSR count). The van der Waals surface area contributed by atoms with E-state index < -0.39 is 0 Å². The predicted octanol–water partition coefficient (Wildman–Crippen LogP) is 2.49. The number of rotatable bonds is 8. The van der Waals surface area contributed by atoms with Crippen LogP contribution in [-0.2, 0) is 0 Å². The first kappa shape index (κ1) is 13.0. The minimum atomic E-state index is 0.631. The molecular formula is C13H28N2. The summed E-state index contributed by atoms with van der Waals surface area (Å²) in [6.07, 6.45) is 4.15. The third-order valence-electron chi connectivity index (χ3n) is 3.17. The summed E-state index contributed by atoms with van der Waals surface area (Å²) in [6, 6.07) is 1.32. The van der Waals surface area contributed by atoms with Crippen molar-refractivity contribution < 1.29 is 0 Å². The van der Waals surface area contributed by atoms with Crippen LogP contribution in [0.1, 0.15) is 47.0 Å². The second kappa shape index (κ2) is 6.49. The first-order valence-corrected chi connectivity index (χ1v) is 6.61. The van der Waals surface area contributed by atoms with Crippen LogP contribution in [0.3, 0.4) is 0 Å². The molecule has 1 atom stereocenters. The van der Waals surface area contributed by atoms with E-state index in [4.69, 9.17) is 0 Å².